The molecule has 1 aromatic heterocycles. The summed E-state index contributed by atoms with van der Waals surface area (Å²) in [7, 11) is 1.65. The predicted octanol–water partition coefficient (Wildman–Crippen LogP) is 6.30. The van der Waals surface area contributed by atoms with E-state index in [1.165, 1.54) is 5.56 Å². The second-order valence-electron chi connectivity index (χ2n) is 7.71. The first-order valence-electron chi connectivity index (χ1n) is 11.3. The number of imidazole rings is 1. The molecule has 3 aromatic carbocycles. The molecule has 4 rings (SSSR count). The molecule has 0 atom stereocenters. The number of fused-ring (bicyclic) bond motifs is 1. The Morgan fingerprint density at radius 3 is 2.52 bits per heavy atom. The molecule has 5 nitrogen and oxygen atoms in total. The van der Waals surface area contributed by atoms with E-state index in [1.807, 2.05) is 67.6 Å². The van der Waals surface area contributed by atoms with Gasteiger partial charge in [-0.2, -0.15) is 0 Å². The predicted molar refractivity (Wildman–Crippen MR) is 133 cm³/mol. The lowest BCUT2D eigenvalue weighted by Crippen LogP contribution is -2.13. The van der Waals surface area contributed by atoms with Crippen molar-refractivity contribution in [3.05, 3.63) is 89.8 Å². The highest BCUT2D eigenvalue weighted by Gasteiger charge is 2.13. The monoisotopic (exact) mass is 442 g/mol. The molecule has 0 fully saturated rings. The van der Waals surface area contributed by atoms with Crippen molar-refractivity contribution in [1.29, 1.82) is 0 Å². The Morgan fingerprint density at radius 1 is 0.939 bits per heavy atom. The highest BCUT2D eigenvalue weighted by molar-refractivity contribution is 5.75. The van der Waals surface area contributed by atoms with Crippen LogP contribution in [0.4, 0.5) is 0 Å². The van der Waals surface area contributed by atoms with E-state index in [4.69, 9.17) is 19.2 Å². The van der Waals surface area contributed by atoms with Gasteiger partial charge in [0.1, 0.15) is 24.8 Å². The van der Waals surface area contributed by atoms with E-state index in [9.17, 15) is 0 Å². The number of ether oxygens (including phenoxy) is 3. The molecule has 0 aliphatic carbocycles. The quantitative estimate of drug-likeness (QED) is 0.289. The molecule has 0 bridgehead atoms. The van der Waals surface area contributed by atoms with Crippen molar-refractivity contribution in [2.45, 2.75) is 33.4 Å². The van der Waals surface area contributed by atoms with Gasteiger partial charge in [-0.3, -0.25) is 0 Å². The largest absolute Gasteiger partial charge is 0.493 e. The summed E-state index contributed by atoms with van der Waals surface area (Å²) in [4.78, 5) is 4.81. The third-order valence-electron chi connectivity index (χ3n) is 5.55. The number of hydrogen-bond donors (Lipinski definition) is 0. The van der Waals surface area contributed by atoms with Crippen LogP contribution in [0.5, 0.6) is 17.2 Å². The summed E-state index contributed by atoms with van der Waals surface area (Å²) in [5, 5.41) is 0. The lowest BCUT2D eigenvalue weighted by Gasteiger charge is -2.14. The smallest absolute Gasteiger partial charge is 0.161 e. The molecule has 0 aliphatic heterocycles. The minimum absolute atomic E-state index is 0.333. The van der Waals surface area contributed by atoms with Gasteiger partial charge in [-0.15, -0.1) is 0 Å². The van der Waals surface area contributed by atoms with Crippen LogP contribution in [0.1, 0.15) is 30.8 Å². The molecular weight excluding hydrogens is 412 g/mol. The fraction of sp³-hybridized carbons (Fsp3) is 0.250. The fourth-order valence-electron chi connectivity index (χ4n) is 3.80. The minimum atomic E-state index is 0.333. The molecular formula is C28H30N2O3. The summed E-state index contributed by atoms with van der Waals surface area (Å²) in [5.41, 5.74) is 4.38. The van der Waals surface area contributed by atoms with Crippen LogP contribution in [0.2, 0.25) is 0 Å². The van der Waals surface area contributed by atoms with E-state index in [0.717, 1.165) is 34.6 Å². The van der Waals surface area contributed by atoms with Gasteiger partial charge >= 0.3 is 0 Å². The van der Waals surface area contributed by atoms with Crippen LogP contribution in [0.25, 0.3) is 17.1 Å². The third-order valence-corrected chi connectivity index (χ3v) is 5.55. The summed E-state index contributed by atoms with van der Waals surface area (Å²) in [6, 6.07) is 22.3. The van der Waals surface area contributed by atoms with Crippen LogP contribution in [-0.4, -0.2) is 23.3 Å². The van der Waals surface area contributed by atoms with E-state index < -0.39 is 0 Å². The highest BCUT2D eigenvalue weighted by Crippen LogP contribution is 2.29. The number of allylic oxidation sites excluding steroid dienone is 1. The molecule has 0 saturated carbocycles. The zero-order valence-corrected chi connectivity index (χ0v) is 19.5. The van der Waals surface area contributed by atoms with E-state index in [0.29, 0.717) is 31.3 Å². The van der Waals surface area contributed by atoms with Gasteiger partial charge in [-0.1, -0.05) is 49.4 Å². The number of benzene rings is 3. The number of nitrogens with zero attached hydrogens (tertiary/aromatic N) is 2. The van der Waals surface area contributed by atoms with E-state index in [-0.39, 0.29) is 0 Å². The summed E-state index contributed by atoms with van der Waals surface area (Å²) in [6.45, 7) is 5.69. The SMILES string of the molecule is C/C=C\c1ccc(OCc2nc3ccccc3n2CCOc2ccc(CC)cc2)c(OC)c1. The molecule has 0 N–H and O–H groups in total. The van der Waals surface area contributed by atoms with E-state index in [2.05, 4.69) is 29.7 Å². The van der Waals surface area contributed by atoms with Crippen LogP contribution >= 0.6 is 0 Å². The maximum absolute atomic E-state index is 6.13. The average molecular weight is 443 g/mol. The van der Waals surface area contributed by atoms with Crippen LogP contribution in [-0.2, 0) is 19.6 Å². The summed E-state index contributed by atoms with van der Waals surface area (Å²) >= 11 is 0. The number of hydrogen-bond acceptors (Lipinski definition) is 4. The van der Waals surface area contributed by atoms with Gasteiger partial charge < -0.3 is 18.8 Å². The van der Waals surface area contributed by atoms with Crippen LogP contribution in [0.15, 0.2) is 72.8 Å². The molecule has 0 spiro atoms. The average Bonchev–Trinajstić information content (AvgIpc) is 3.21. The molecule has 5 heteroatoms. The Labute approximate surface area is 195 Å². The van der Waals surface area contributed by atoms with Crippen LogP contribution < -0.4 is 14.2 Å². The first-order chi connectivity index (χ1) is 16.2. The van der Waals surface area contributed by atoms with Gasteiger partial charge in [0, 0.05) is 0 Å². The molecule has 1 heterocycles. The maximum atomic E-state index is 6.13. The molecule has 4 aromatic rings. The van der Waals surface area contributed by atoms with Gasteiger partial charge in [0.05, 0.1) is 24.7 Å². The number of rotatable bonds is 10. The van der Waals surface area contributed by atoms with Crippen molar-refractivity contribution in [3.8, 4) is 17.2 Å². The Hall–Kier alpha value is -3.73. The molecule has 0 radical (unpaired) electrons. The van der Waals surface area contributed by atoms with Crippen molar-refractivity contribution >= 4 is 17.1 Å². The minimum Gasteiger partial charge on any atom is -0.493 e. The van der Waals surface area contributed by atoms with Crippen molar-refractivity contribution in [1.82, 2.24) is 9.55 Å². The Bertz CT molecular complexity index is 1230. The summed E-state index contributed by atoms with van der Waals surface area (Å²) < 4.78 is 19.8. The van der Waals surface area contributed by atoms with Gasteiger partial charge in [0.15, 0.2) is 11.5 Å². The Morgan fingerprint density at radius 2 is 1.76 bits per heavy atom. The molecule has 0 unspecified atom stereocenters. The second-order valence-corrected chi connectivity index (χ2v) is 7.71. The zero-order valence-electron chi connectivity index (χ0n) is 19.5. The van der Waals surface area contributed by atoms with E-state index in [1.54, 1.807) is 7.11 Å². The molecule has 0 aliphatic rings. The fourth-order valence-corrected chi connectivity index (χ4v) is 3.80. The number of aromatic nitrogens is 2. The number of para-hydroxylation sites is 2. The Balaban J connectivity index is 1.50. The van der Waals surface area contributed by atoms with E-state index >= 15 is 0 Å². The summed E-state index contributed by atoms with van der Waals surface area (Å²) in [5.74, 6) is 3.12. The van der Waals surface area contributed by atoms with Crippen molar-refractivity contribution in [3.63, 3.8) is 0 Å². The third kappa shape index (κ3) is 5.37. The summed E-state index contributed by atoms with van der Waals surface area (Å²) in [6.07, 6.45) is 5.05. The lowest BCUT2D eigenvalue weighted by atomic mass is 10.2. The van der Waals surface area contributed by atoms with Crippen LogP contribution in [0.3, 0.4) is 0 Å². The van der Waals surface area contributed by atoms with Crippen LogP contribution in [0, 0.1) is 0 Å². The van der Waals surface area contributed by atoms with Crippen molar-refractivity contribution in [2.24, 2.45) is 0 Å². The van der Waals surface area contributed by atoms with Gasteiger partial charge in [-0.05, 0) is 60.9 Å². The molecule has 0 amide bonds. The Kier molecular flexibility index (Phi) is 7.30. The zero-order chi connectivity index (χ0) is 23.0. The molecule has 170 valence electrons. The van der Waals surface area contributed by atoms with Crippen molar-refractivity contribution < 1.29 is 14.2 Å². The normalized spacial score (nSPS) is 11.2. The number of aryl methyl sites for hydroxylation is 1. The first kappa shape index (κ1) is 22.5. The second kappa shape index (κ2) is 10.7. The van der Waals surface area contributed by atoms with Gasteiger partial charge in [0.2, 0.25) is 0 Å². The molecule has 33 heavy (non-hydrogen) atoms. The highest BCUT2D eigenvalue weighted by atomic mass is 16.5. The maximum Gasteiger partial charge on any atom is 0.161 e. The topological polar surface area (TPSA) is 45.5 Å². The van der Waals surface area contributed by atoms with Crippen molar-refractivity contribution in [2.75, 3.05) is 13.7 Å². The first-order valence-corrected chi connectivity index (χ1v) is 11.3. The molecule has 0 saturated heterocycles. The van der Waals surface area contributed by atoms with Gasteiger partial charge in [0.25, 0.3) is 0 Å². The number of methoxy groups -OCH3 is 1. The van der Waals surface area contributed by atoms with Gasteiger partial charge in [-0.25, -0.2) is 4.98 Å². The standard InChI is InChI=1S/C28H30N2O3/c1-4-8-22-13-16-26(27(19-22)31-3)33-20-28-29-24-9-6-7-10-25(24)30(28)17-18-32-23-14-11-21(5-2)12-15-23/h4,6-16,19H,5,17-18,20H2,1-3H3/b8-4-. The lowest BCUT2D eigenvalue weighted by molar-refractivity contribution is 0.262.